The van der Waals surface area contributed by atoms with Gasteiger partial charge in [-0.3, -0.25) is 0 Å². The van der Waals surface area contributed by atoms with Crippen LogP contribution in [-0.4, -0.2) is 18.3 Å². The maximum absolute atomic E-state index is 12.5. The number of ether oxygens (including phenoxy) is 1. The number of hydrogen-bond donors (Lipinski definition) is 0. The molecule has 0 amide bonds. The number of carbonyl (C=O) groups excluding carboxylic acids is 1. The van der Waals surface area contributed by atoms with Crippen LogP contribution in [0.1, 0.15) is 39.5 Å². The number of fused-ring (bicyclic) bond motifs is 3. The average molecular weight is 355 g/mol. The van der Waals surface area contributed by atoms with Gasteiger partial charge in [-0.25, -0.2) is 9.79 Å². The van der Waals surface area contributed by atoms with Crippen LogP contribution in [0, 0.1) is 13.8 Å². The second-order valence-corrected chi connectivity index (χ2v) is 6.80. The van der Waals surface area contributed by atoms with Gasteiger partial charge < -0.3 is 4.74 Å². The molecule has 0 aliphatic heterocycles. The van der Waals surface area contributed by atoms with Crippen LogP contribution >= 0.6 is 0 Å². The fraction of sp³-hybridized carbons (Fsp3) is 0.167. The molecule has 0 fully saturated rings. The largest absolute Gasteiger partial charge is 0.462 e. The molecule has 0 bridgehead atoms. The van der Waals surface area contributed by atoms with Crippen molar-refractivity contribution in [3.8, 4) is 11.1 Å². The second kappa shape index (κ2) is 6.84. The molecule has 0 aromatic heterocycles. The summed E-state index contributed by atoms with van der Waals surface area (Å²) < 4.78 is 5.27. The van der Waals surface area contributed by atoms with E-state index >= 15 is 0 Å². The normalized spacial score (nSPS) is 13.4. The molecule has 0 atom stereocenters. The number of aryl methyl sites for hydroxylation is 2. The van der Waals surface area contributed by atoms with Gasteiger partial charge in [-0.1, -0.05) is 42.5 Å². The Morgan fingerprint density at radius 3 is 2.26 bits per heavy atom. The molecule has 4 rings (SSSR count). The Kier molecular flexibility index (Phi) is 4.36. The van der Waals surface area contributed by atoms with E-state index in [1.807, 2.05) is 43.3 Å². The SMILES string of the molecule is CCOC(=O)c1cccc2c1-c1ccccc1/C2=N\c1cc(C)cc(C)c1. The molecule has 0 N–H and O–H groups in total. The number of hydrogen-bond acceptors (Lipinski definition) is 3. The predicted octanol–water partition coefficient (Wildman–Crippen LogP) is 5.63. The molecule has 134 valence electrons. The fourth-order valence-corrected chi connectivity index (χ4v) is 3.74. The molecular formula is C24H21NO2. The van der Waals surface area contributed by atoms with Crippen molar-refractivity contribution in [3.63, 3.8) is 0 Å². The molecule has 0 heterocycles. The highest BCUT2D eigenvalue weighted by Gasteiger charge is 2.29. The lowest BCUT2D eigenvalue weighted by molar-refractivity contribution is 0.0527. The molecule has 27 heavy (non-hydrogen) atoms. The van der Waals surface area contributed by atoms with Gasteiger partial charge in [0, 0.05) is 16.7 Å². The van der Waals surface area contributed by atoms with Crippen molar-refractivity contribution in [1.29, 1.82) is 0 Å². The van der Waals surface area contributed by atoms with Crippen molar-refractivity contribution < 1.29 is 9.53 Å². The van der Waals surface area contributed by atoms with E-state index in [1.165, 1.54) is 11.1 Å². The first-order chi connectivity index (χ1) is 13.1. The molecule has 0 saturated carbocycles. The Morgan fingerprint density at radius 1 is 0.889 bits per heavy atom. The predicted molar refractivity (Wildman–Crippen MR) is 109 cm³/mol. The highest BCUT2D eigenvalue weighted by atomic mass is 16.5. The molecule has 0 spiro atoms. The maximum atomic E-state index is 12.5. The van der Waals surface area contributed by atoms with Gasteiger partial charge in [0.25, 0.3) is 0 Å². The zero-order valence-electron chi connectivity index (χ0n) is 15.7. The third kappa shape index (κ3) is 3.06. The summed E-state index contributed by atoms with van der Waals surface area (Å²) in [6.45, 7) is 6.33. The monoisotopic (exact) mass is 355 g/mol. The molecule has 0 saturated heterocycles. The average Bonchev–Trinajstić information content (AvgIpc) is 2.95. The number of esters is 1. The second-order valence-electron chi connectivity index (χ2n) is 6.80. The maximum Gasteiger partial charge on any atom is 0.338 e. The summed E-state index contributed by atoms with van der Waals surface area (Å²) >= 11 is 0. The summed E-state index contributed by atoms with van der Waals surface area (Å²) in [5.41, 5.74) is 8.73. The van der Waals surface area contributed by atoms with E-state index in [0.29, 0.717) is 12.2 Å². The van der Waals surface area contributed by atoms with Crippen molar-refractivity contribution in [1.82, 2.24) is 0 Å². The van der Waals surface area contributed by atoms with Crippen molar-refractivity contribution >= 4 is 17.4 Å². The minimum atomic E-state index is -0.295. The third-order valence-corrected chi connectivity index (χ3v) is 4.71. The van der Waals surface area contributed by atoms with E-state index < -0.39 is 0 Å². The Bertz CT molecular complexity index is 1060. The summed E-state index contributed by atoms with van der Waals surface area (Å²) in [4.78, 5) is 17.5. The van der Waals surface area contributed by atoms with Gasteiger partial charge in [-0.05, 0) is 55.7 Å². The molecular weight excluding hydrogens is 334 g/mol. The summed E-state index contributed by atoms with van der Waals surface area (Å²) in [6.07, 6.45) is 0. The molecule has 1 aliphatic carbocycles. The number of rotatable bonds is 3. The number of benzene rings is 3. The lowest BCUT2D eigenvalue weighted by Crippen LogP contribution is -2.07. The lowest BCUT2D eigenvalue weighted by atomic mass is 9.99. The first-order valence-electron chi connectivity index (χ1n) is 9.15. The van der Waals surface area contributed by atoms with Gasteiger partial charge in [0.1, 0.15) is 0 Å². The first-order valence-corrected chi connectivity index (χ1v) is 9.15. The van der Waals surface area contributed by atoms with Crippen molar-refractivity contribution in [3.05, 3.63) is 88.5 Å². The Morgan fingerprint density at radius 2 is 1.56 bits per heavy atom. The van der Waals surface area contributed by atoms with Crippen LogP contribution in [0.3, 0.4) is 0 Å². The Balaban J connectivity index is 1.96. The van der Waals surface area contributed by atoms with Crippen molar-refractivity contribution in [2.45, 2.75) is 20.8 Å². The van der Waals surface area contributed by atoms with Crippen LogP contribution in [0.15, 0.2) is 65.7 Å². The van der Waals surface area contributed by atoms with Crippen LogP contribution in [0.2, 0.25) is 0 Å². The van der Waals surface area contributed by atoms with Crippen LogP contribution in [0.4, 0.5) is 5.69 Å². The Hall–Kier alpha value is -3.20. The van der Waals surface area contributed by atoms with Gasteiger partial charge in [0.2, 0.25) is 0 Å². The quantitative estimate of drug-likeness (QED) is 0.447. The van der Waals surface area contributed by atoms with Gasteiger partial charge in [-0.2, -0.15) is 0 Å². The number of carbonyl (C=O) groups is 1. The molecule has 0 unspecified atom stereocenters. The molecule has 3 aromatic carbocycles. The Labute approximate surface area is 159 Å². The van der Waals surface area contributed by atoms with Gasteiger partial charge >= 0.3 is 5.97 Å². The van der Waals surface area contributed by atoms with E-state index in [0.717, 1.165) is 33.7 Å². The summed E-state index contributed by atoms with van der Waals surface area (Å²) in [5, 5.41) is 0. The van der Waals surface area contributed by atoms with Crippen LogP contribution in [0.25, 0.3) is 11.1 Å². The topological polar surface area (TPSA) is 38.7 Å². The van der Waals surface area contributed by atoms with Crippen molar-refractivity contribution in [2.75, 3.05) is 6.61 Å². The molecule has 3 aromatic rings. The van der Waals surface area contributed by atoms with Crippen LogP contribution < -0.4 is 0 Å². The lowest BCUT2D eigenvalue weighted by Gasteiger charge is -2.08. The van der Waals surface area contributed by atoms with Crippen LogP contribution in [0.5, 0.6) is 0 Å². The first kappa shape index (κ1) is 17.2. The van der Waals surface area contributed by atoms with Crippen molar-refractivity contribution in [2.24, 2.45) is 4.99 Å². The molecule has 3 nitrogen and oxygen atoms in total. The fourth-order valence-electron chi connectivity index (χ4n) is 3.74. The number of nitrogens with zero attached hydrogens (tertiary/aromatic N) is 1. The number of aliphatic imine (C=N–C) groups is 1. The minimum Gasteiger partial charge on any atom is -0.462 e. The van der Waals surface area contributed by atoms with Crippen LogP contribution in [-0.2, 0) is 4.74 Å². The standard InChI is InChI=1S/C24H21NO2/c1-4-27-24(26)21-11-7-10-20-22(21)18-8-5-6-9-19(18)23(20)25-17-13-15(2)12-16(3)14-17/h5-14H,4H2,1-3H3/b25-23+. The molecule has 0 radical (unpaired) electrons. The zero-order chi connectivity index (χ0) is 19.0. The van der Waals surface area contributed by atoms with E-state index in [9.17, 15) is 4.79 Å². The summed E-state index contributed by atoms with van der Waals surface area (Å²) in [7, 11) is 0. The van der Waals surface area contributed by atoms with E-state index in [4.69, 9.17) is 9.73 Å². The smallest absolute Gasteiger partial charge is 0.338 e. The summed E-state index contributed by atoms with van der Waals surface area (Å²) in [6, 6.07) is 20.1. The zero-order valence-corrected chi connectivity index (χ0v) is 15.7. The highest BCUT2D eigenvalue weighted by Crippen LogP contribution is 2.40. The van der Waals surface area contributed by atoms with E-state index in [-0.39, 0.29) is 5.97 Å². The van der Waals surface area contributed by atoms with Gasteiger partial charge in [-0.15, -0.1) is 0 Å². The molecule has 1 aliphatic rings. The van der Waals surface area contributed by atoms with E-state index in [2.05, 4.69) is 38.1 Å². The minimum absolute atomic E-state index is 0.295. The van der Waals surface area contributed by atoms with Gasteiger partial charge in [0.15, 0.2) is 0 Å². The molecule has 3 heteroatoms. The summed E-state index contributed by atoms with van der Waals surface area (Å²) in [5.74, 6) is -0.295. The van der Waals surface area contributed by atoms with E-state index in [1.54, 1.807) is 0 Å². The third-order valence-electron chi connectivity index (χ3n) is 4.71. The van der Waals surface area contributed by atoms with Gasteiger partial charge in [0.05, 0.1) is 23.6 Å². The highest BCUT2D eigenvalue weighted by molar-refractivity contribution is 6.27.